The molecule has 1 rings (SSSR count). The van der Waals surface area contributed by atoms with Crippen molar-refractivity contribution in [3.8, 4) is 0 Å². The summed E-state index contributed by atoms with van der Waals surface area (Å²) in [6.07, 6.45) is 2.10. The Labute approximate surface area is 127 Å². The molecule has 0 aromatic heterocycles. The maximum Gasteiger partial charge on any atom is 0.0700 e. The molecule has 114 valence electrons. The Bertz CT molecular complexity index is 360. The smallest absolute Gasteiger partial charge is 0.0700 e. The molecule has 0 heterocycles. The van der Waals surface area contributed by atoms with Gasteiger partial charge in [0.15, 0.2) is 0 Å². The van der Waals surface area contributed by atoms with Crippen LogP contribution in [0.15, 0.2) is 24.3 Å². The number of rotatable bonds is 11. The third-order valence-electron chi connectivity index (χ3n) is 3.21. The van der Waals surface area contributed by atoms with Crippen molar-refractivity contribution in [3.05, 3.63) is 34.9 Å². The summed E-state index contributed by atoms with van der Waals surface area (Å²) in [5.41, 5.74) is 1.20. The first-order valence-corrected chi connectivity index (χ1v) is 7.69. The molecule has 0 aliphatic carbocycles. The molecule has 1 unspecified atom stereocenters. The van der Waals surface area contributed by atoms with E-state index in [0.29, 0.717) is 19.1 Å². The molecule has 4 heteroatoms. The van der Waals surface area contributed by atoms with Crippen LogP contribution in [0.5, 0.6) is 0 Å². The maximum absolute atomic E-state index is 6.31. The highest BCUT2D eigenvalue weighted by Gasteiger charge is 2.14. The molecule has 1 aromatic carbocycles. The van der Waals surface area contributed by atoms with Gasteiger partial charge in [0, 0.05) is 25.3 Å². The fourth-order valence-electron chi connectivity index (χ4n) is 2.10. The molecule has 0 spiro atoms. The minimum Gasteiger partial charge on any atom is -0.382 e. The third kappa shape index (κ3) is 6.71. The normalized spacial score (nSPS) is 12.6. The summed E-state index contributed by atoms with van der Waals surface area (Å²) in [5.74, 6) is 0.387. The first-order valence-electron chi connectivity index (χ1n) is 7.31. The van der Waals surface area contributed by atoms with Crippen molar-refractivity contribution < 1.29 is 9.47 Å². The number of benzene rings is 1. The summed E-state index contributed by atoms with van der Waals surface area (Å²) in [7, 11) is 1.69. The molecular weight excluding hydrogens is 274 g/mol. The van der Waals surface area contributed by atoms with Gasteiger partial charge < -0.3 is 14.8 Å². The second-order valence-corrected chi connectivity index (χ2v) is 5.22. The van der Waals surface area contributed by atoms with Gasteiger partial charge in [-0.3, -0.25) is 0 Å². The van der Waals surface area contributed by atoms with Gasteiger partial charge in [-0.1, -0.05) is 36.7 Å². The average molecular weight is 300 g/mol. The minimum absolute atomic E-state index is 0.387. The summed E-state index contributed by atoms with van der Waals surface area (Å²) in [6, 6.07) is 8.07. The fourth-order valence-corrected chi connectivity index (χ4v) is 2.39. The highest BCUT2D eigenvalue weighted by molar-refractivity contribution is 6.31. The standard InChI is InChI=1S/C16H26ClNO2/c1-3-9-18-13-14(8-10-20-12-11-19-2)15-6-4-5-7-16(15)17/h4-7,14,18H,3,8-13H2,1-2H3. The lowest BCUT2D eigenvalue weighted by atomic mass is 9.96. The van der Waals surface area contributed by atoms with E-state index >= 15 is 0 Å². The Morgan fingerprint density at radius 3 is 2.70 bits per heavy atom. The zero-order chi connectivity index (χ0) is 14.6. The van der Waals surface area contributed by atoms with Crippen molar-refractivity contribution in [1.82, 2.24) is 5.32 Å². The minimum atomic E-state index is 0.387. The first-order chi connectivity index (χ1) is 9.79. The summed E-state index contributed by atoms with van der Waals surface area (Å²) >= 11 is 6.31. The van der Waals surface area contributed by atoms with E-state index in [9.17, 15) is 0 Å². The van der Waals surface area contributed by atoms with Crippen molar-refractivity contribution >= 4 is 11.6 Å². The molecule has 0 radical (unpaired) electrons. The number of ether oxygens (including phenoxy) is 2. The highest BCUT2D eigenvalue weighted by Crippen LogP contribution is 2.26. The van der Waals surface area contributed by atoms with Crippen molar-refractivity contribution in [2.24, 2.45) is 0 Å². The topological polar surface area (TPSA) is 30.5 Å². The van der Waals surface area contributed by atoms with Crippen molar-refractivity contribution in [2.45, 2.75) is 25.7 Å². The van der Waals surface area contributed by atoms with E-state index in [1.165, 1.54) is 5.56 Å². The number of nitrogens with one attached hydrogen (secondary N) is 1. The van der Waals surface area contributed by atoms with E-state index in [1.54, 1.807) is 7.11 Å². The van der Waals surface area contributed by atoms with Crippen molar-refractivity contribution in [3.63, 3.8) is 0 Å². The second kappa shape index (κ2) is 11.1. The molecule has 0 saturated heterocycles. The first kappa shape index (κ1) is 17.4. The van der Waals surface area contributed by atoms with Crippen LogP contribution in [0.1, 0.15) is 31.2 Å². The van der Waals surface area contributed by atoms with E-state index < -0.39 is 0 Å². The maximum atomic E-state index is 6.31. The average Bonchev–Trinajstić information content (AvgIpc) is 2.46. The molecule has 0 amide bonds. The lowest BCUT2D eigenvalue weighted by molar-refractivity contribution is 0.0670. The van der Waals surface area contributed by atoms with Gasteiger partial charge in [0.05, 0.1) is 13.2 Å². The zero-order valence-corrected chi connectivity index (χ0v) is 13.3. The molecule has 0 bridgehead atoms. The third-order valence-corrected chi connectivity index (χ3v) is 3.55. The summed E-state index contributed by atoms with van der Waals surface area (Å²) in [4.78, 5) is 0. The van der Waals surface area contributed by atoms with Crippen LogP contribution in [0, 0.1) is 0 Å². The van der Waals surface area contributed by atoms with Gasteiger partial charge >= 0.3 is 0 Å². The Balaban J connectivity index is 2.49. The van der Waals surface area contributed by atoms with Gasteiger partial charge in [-0.15, -0.1) is 0 Å². The van der Waals surface area contributed by atoms with Crippen LogP contribution < -0.4 is 5.32 Å². The predicted molar refractivity (Wildman–Crippen MR) is 84.7 cm³/mol. The quantitative estimate of drug-likeness (QED) is 0.635. The molecular formula is C16H26ClNO2. The molecule has 0 aliphatic rings. The van der Waals surface area contributed by atoms with Crippen LogP contribution in [0.2, 0.25) is 5.02 Å². The Kier molecular flexibility index (Phi) is 9.67. The van der Waals surface area contributed by atoms with Gasteiger partial charge in [-0.05, 0) is 36.9 Å². The van der Waals surface area contributed by atoms with Gasteiger partial charge in [0.25, 0.3) is 0 Å². The van der Waals surface area contributed by atoms with E-state index in [0.717, 1.165) is 37.6 Å². The largest absolute Gasteiger partial charge is 0.382 e. The number of methoxy groups -OCH3 is 1. The number of hydrogen-bond acceptors (Lipinski definition) is 3. The molecule has 0 fully saturated rings. The van der Waals surface area contributed by atoms with Crippen LogP contribution in [0.25, 0.3) is 0 Å². The zero-order valence-electron chi connectivity index (χ0n) is 12.5. The van der Waals surface area contributed by atoms with Gasteiger partial charge in [0.1, 0.15) is 0 Å². The van der Waals surface area contributed by atoms with Gasteiger partial charge in [-0.2, -0.15) is 0 Å². The molecule has 3 nitrogen and oxygen atoms in total. The van der Waals surface area contributed by atoms with Gasteiger partial charge in [0.2, 0.25) is 0 Å². The molecule has 0 saturated carbocycles. The fraction of sp³-hybridized carbons (Fsp3) is 0.625. The Hall–Kier alpha value is -0.610. The van der Waals surface area contributed by atoms with Crippen LogP contribution in [-0.2, 0) is 9.47 Å². The summed E-state index contributed by atoms with van der Waals surface area (Å²) in [6.45, 7) is 6.16. The number of halogens is 1. The molecule has 20 heavy (non-hydrogen) atoms. The second-order valence-electron chi connectivity index (χ2n) is 4.82. The lowest BCUT2D eigenvalue weighted by Crippen LogP contribution is -2.23. The molecule has 1 N–H and O–H groups in total. The molecule has 1 atom stereocenters. The van der Waals surface area contributed by atoms with Crippen molar-refractivity contribution in [2.75, 3.05) is 40.0 Å². The number of hydrogen-bond donors (Lipinski definition) is 1. The SMILES string of the molecule is CCCNCC(CCOCCOC)c1ccccc1Cl. The predicted octanol–water partition coefficient (Wildman–Crippen LogP) is 3.48. The highest BCUT2D eigenvalue weighted by atomic mass is 35.5. The van der Waals surface area contributed by atoms with E-state index in [2.05, 4.69) is 18.3 Å². The van der Waals surface area contributed by atoms with Crippen LogP contribution >= 0.6 is 11.6 Å². The molecule has 1 aromatic rings. The molecule has 0 aliphatic heterocycles. The van der Waals surface area contributed by atoms with Crippen LogP contribution in [0.3, 0.4) is 0 Å². The van der Waals surface area contributed by atoms with Crippen LogP contribution in [-0.4, -0.2) is 40.0 Å². The Morgan fingerprint density at radius 2 is 2.00 bits per heavy atom. The summed E-state index contributed by atoms with van der Waals surface area (Å²) < 4.78 is 10.5. The monoisotopic (exact) mass is 299 g/mol. The van der Waals surface area contributed by atoms with E-state index in [4.69, 9.17) is 21.1 Å². The van der Waals surface area contributed by atoms with Gasteiger partial charge in [-0.25, -0.2) is 0 Å². The Morgan fingerprint density at radius 1 is 1.20 bits per heavy atom. The van der Waals surface area contributed by atoms with Crippen LogP contribution in [0.4, 0.5) is 0 Å². The van der Waals surface area contributed by atoms with E-state index in [1.807, 2.05) is 18.2 Å². The van der Waals surface area contributed by atoms with Crippen molar-refractivity contribution in [1.29, 1.82) is 0 Å². The van der Waals surface area contributed by atoms with E-state index in [-0.39, 0.29) is 0 Å². The summed E-state index contributed by atoms with van der Waals surface area (Å²) in [5, 5.41) is 4.31. The lowest BCUT2D eigenvalue weighted by Gasteiger charge is -2.19.